The molecule has 17 heavy (non-hydrogen) atoms. The molecule has 0 amide bonds. The van der Waals surface area contributed by atoms with Crippen LogP contribution in [0.3, 0.4) is 0 Å². The van der Waals surface area contributed by atoms with Gasteiger partial charge in [-0.05, 0) is 31.4 Å². The van der Waals surface area contributed by atoms with E-state index < -0.39 is 11.5 Å². The quantitative estimate of drug-likeness (QED) is 0.843. The van der Waals surface area contributed by atoms with E-state index in [2.05, 4.69) is 5.32 Å². The summed E-state index contributed by atoms with van der Waals surface area (Å²) in [6.45, 7) is 2.00. The predicted molar refractivity (Wildman–Crippen MR) is 68.3 cm³/mol. The van der Waals surface area contributed by atoms with Gasteiger partial charge in [0.15, 0.2) is 0 Å². The highest BCUT2D eigenvalue weighted by molar-refractivity contribution is 5.83. The summed E-state index contributed by atoms with van der Waals surface area (Å²) in [6, 6.07) is 7.86. The molecule has 1 aromatic rings. The van der Waals surface area contributed by atoms with Crippen LogP contribution in [-0.4, -0.2) is 16.6 Å². The van der Waals surface area contributed by atoms with Gasteiger partial charge in [0.2, 0.25) is 0 Å². The first-order valence-corrected chi connectivity index (χ1v) is 6.21. The van der Waals surface area contributed by atoms with Crippen molar-refractivity contribution in [2.24, 2.45) is 0 Å². The van der Waals surface area contributed by atoms with E-state index in [0.29, 0.717) is 0 Å². The van der Waals surface area contributed by atoms with Crippen molar-refractivity contribution in [1.29, 1.82) is 0 Å². The van der Waals surface area contributed by atoms with E-state index in [1.54, 1.807) is 0 Å². The Morgan fingerprint density at radius 2 is 1.88 bits per heavy atom. The van der Waals surface area contributed by atoms with E-state index in [1.165, 1.54) is 0 Å². The van der Waals surface area contributed by atoms with Gasteiger partial charge in [0.1, 0.15) is 5.54 Å². The number of hydrogen-bond acceptors (Lipinski definition) is 2. The molecule has 2 rings (SSSR count). The molecule has 0 unspecified atom stereocenters. The van der Waals surface area contributed by atoms with Crippen molar-refractivity contribution in [1.82, 2.24) is 0 Å². The minimum atomic E-state index is -0.760. The van der Waals surface area contributed by atoms with Crippen LogP contribution in [0.15, 0.2) is 24.3 Å². The Labute approximate surface area is 102 Å². The maximum absolute atomic E-state index is 11.5. The summed E-state index contributed by atoms with van der Waals surface area (Å²) >= 11 is 0. The fourth-order valence-corrected chi connectivity index (χ4v) is 2.52. The SMILES string of the molecule is Cc1ccccc1NC1(C(=O)O)CCCCC1. The number of anilines is 1. The number of aliphatic carboxylic acids is 1. The van der Waals surface area contributed by atoms with E-state index >= 15 is 0 Å². The van der Waals surface area contributed by atoms with Crippen LogP contribution in [0, 0.1) is 6.92 Å². The van der Waals surface area contributed by atoms with E-state index in [1.807, 2.05) is 31.2 Å². The molecular formula is C14H19NO2. The van der Waals surface area contributed by atoms with Crippen molar-refractivity contribution >= 4 is 11.7 Å². The van der Waals surface area contributed by atoms with Gasteiger partial charge in [-0.2, -0.15) is 0 Å². The molecule has 1 saturated carbocycles. The van der Waals surface area contributed by atoms with Gasteiger partial charge < -0.3 is 10.4 Å². The number of carboxylic acids is 1. The topological polar surface area (TPSA) is 49.3 Å². The van der Waals surface area contributed by atoms with Crippen molar-refractivity contribution in [3.63, 3.8) is 0 Å². The second-order valence-electron chi connectivity index (χ2n) is 4.89. The molecule has 0 aromatic heterocycles. The minimum absolute atomic E-state index is 0.719. The first kappa shape index (κ1) is 12.0. The molecular weight excluding hydrogens is 214 g/mol. The molecule has 2 N–H and O–H groups in total. The molecule has 0 heterocycles. The second kappa shape index (κ2) is 4.78. The number of hydrogen-bond donors (Lipinski definition) is 2. The summed E-state index contributed by atoms with van der Waals surface area (Å²) in [6.07, 6.45) is 4.56. The first-order valence-electron chi connectivity index (χ1n) is 6.21. The normalized spacial score (nSPS) is 18.6. The van der Waals surface area contributed by atoms with Crippen molar-refractivity contribution < 1.29 is 9.90 Å². The van der Waals surface area contributed by atoms with Gasteiger partial charge in [-0.25, -0.2) is 4.79 Å². The smallest absolute Gasteiger partial charge is 0.329 e. The third-order valence-corrected chi connectivity index (χ3v) is 3.64. The van der Waals surface area contributed by atoms with Gasteiger partial charge in [0.05, 0.1) is 0 Å². The lowest BCUT2D eigenvalue weighted by atomic mass is 9.81. The van der Waals surface area contributed by atoms with Crippen molar-refractivity contribution in [2.45, 2.75) is 44.6 Å². The molecule has 3 nitrogen and oxygen atoms in total. The average molecular weight is 233 g/mol. The van der Waals surface area contributed by atoms with Gasteiger partial charge in [-0.1, -0.05) is 37.5 Å². The van der Waals surface area contributed by atoms with Crippen LogP contribution in [0.2, 0.25) is 0 Å². The highest BCUT2D eigenvalue weighted by Crippen LogP contribution is 2.32. The van der Waals surface area contributed by atoms with Crippen molar-refractivity contribution in [3.8, 4) is 0 Å². The molecule has 0 spiro atoms. The fourth-order valence-electron chi connectivity index (χ4n) is 2.52. The zero-order chi connectivity index (χ0) is 12.3. The fraction of sp³-hybridized carbons (Fsp3) is 0.500. The van der Waals surface area contributed by atoms with Crippen LogP contribution < -0.4 is 5.32 Å². The number of para-hydroxylation sites is 1. The first-order chi connectivity index (χ1) is 8.14. The Bertz CT molecular complexity index is 408. The Balaban J connectivity index is 2.24. The maximum Gasteiger partial charge on any atom is 0.329 e. The summed E-state index contributed by atoms with van der Waals surface area (Å²) in [4.78, 5) is 11.5. The number of carbonyl (C=O) groups is 1. The van der Waals surface area contributed by atoms with Crippen LogP contribution in [0.4, 0.5) is 5.69 Å². The minimum Gasteiger partial charge on any atom is -0.480 e. The standard InChI is InChI=1S/C14H19NO2/c1-11-7-3-4-8-12(11)15-14(13(16)17)9-5-2-6-10-14/h3-4,7-8,15H,2,5-6,9-10H2,1H3,(H,16,17). The van der Waals surface area contributed by atoms with Gasteiger partial charge >= 0.3 is 5.97 Å². The monoisotopic (exact) mass is 233 g/mol. The largest absolute Gasteiger partial charge is 0.480 e. The van der Waals surface area contributed by atoms with Crippen LogP contribution in [-0.2, 0) is 4.79 Å². The Morgan fingerprint density at radius 1 is 1.24 bits per heavy atom. The zero-order valence-electron chi connectivity index (χ0n) is 10.2. The molecule has 1 fully saturated rings. The lowest BCUT2D eigenvalue weighted by Crippen LogP contribution is -2.48. The molecule has 0 bridgehead atoms. The Hall–Kier alpha value is -1.51. The summed E-state index contributed by atoms with van der Waals surface area (Å²) in [5.41, 5.74) is 1.28. The molecule has 1 aliphatic rings. The lowest BCUT2D eigenvalue weighted by Gasteiger charge is -2.35. The highest BCUT2D eigenvalue weighted by atomic mass is 16.4. The molecule has 0 radical (unpaired) electrons. The summed E-state index contributed by atoms with van der Waals surface area (Å²) in [5, 5.41) is 12.7. The number of nitrogens with one attached hydrogen (secondary N) is 1. The van der Waals surface area contributed by atoms with E-state index in [-0.39, 0.29) is 0 Å². The maximum atomic E-state index is 11.5. The Kier molecular flexibility index (Phi) is 3.36. The summed E-state index contributed by atoms with van der Waals surface area (Å²) in [5.74, 6) is -0.722. The van der Waals surface area contributed by atoms with Crippen LogP contribution in [0.5, 0.6) is 0 Å². The van der Waals surface area contributed by atoms with Gasteiger partial charge in [-0.15, -0.1) is 0 Å². The van der Waals surface area contributed by atoms with E-state index in [0.717, 1.165) is 43.4 Å². The van der Waals surface area contributed by atoms with Crippen LogP contribution in [0.25, 0.3) is 0 Å². The third-order valence-electron chi connectivity index (χ3n) is 3.64. The molecule has 3 heteroatoms. The van der Waals surface area contributed by atoms with Gasteiger partial charge in [0, 0.05) is 5.69 Å². The molecule has 1 aliphatic carbocycles. The van der Waals surface area contributed by atoms with E-state index in [4.69, 9.17) is 0 Å². The van der Waals surface area contributed by atoms with Gasteiger partial charge in [0.25, 0.3) is 0 Å². The van der Waals surface area contributed by atoms with Gasteiger partial charge in [-0.3, -0.25) is 0 Å². The summed E-state index contributed by atoms with van der Waals surface area (Å²) in [7, 11) is 0. The van der Waals surface area contributed by atoms with Crippen molar-refractivity contribution in [3.05, 3.63) is 29.8 Å². The van der Waals surface area contributed by atoms with Crippen LogP contribution >= 0.6 is 0 Å². The molecule has 0 saturated heterocycles. The van der Waals surface area contributed by atoms with Crippen molar-refractivity contribution in [2.75, 3.05) is 5.32 Å². The molecule has 0 aliphatic heterocycles. The average Bonchev–Trinajstić information content (AvgIpc) is 2.33. The molecule has 1 aromatic carbocycles. The number of carboxylic acid groups (broad SMARTS) is 1. The third kappa shape index (κ3) is 2.43. The highest BCUT2D eigenvalue weighted by Gasteiger charge is 2.39. The summed E-state index contributed by atoms with van der Waals surface area (Å²) < 4.78 is 0. The number of benzene rings is 1. The predicted octanol–water partition coefficient (Wildman–Crippen LogP) is 3.19. The second-order valence-corrected chi connectivity index (χ2v) is 4.89. The zero-order valence-corrected chi connectivity index (χ0v) is 10.2. The Morgan fingerprint density at radius 3 is 2.47 bits per heavy atom. The van der Waals surface area contributed by atoms with Crippen LogP contribution in [0.1, 0.15) is 37.7 Å². The lowest BCUT2D eigenvalue weighted by molar-refractivity contribution is -0.143. The van der Waals surface area contributed by atoms with E-state index in [9.17, 15) is 9.90 Å². The number of aryl methyl sites for hydroxylation is 1. The molecule has 0 atom stereocenters. The molecule has 92 valence electrons. The number of rotatable bonds is 3.